The van der Waals surface area contributed by atoms with Gasteiger partial charge in [0.05, 0.1) is 0 Å². The molecule has 6 heteroatoms. The molecule has 0 bridgehead atoms. The molecule has 0 unspecified atom stereocenters. The number of nitrogens with one attached hydrogen (secondary N) is 1. The second kappa shape index (κ2) is 4.69. The van der Waals surface area contributed by atoms with E-state index in [-0.39, 0.29) is 12.4 Å². The Bertz CT molecular complexity index is 383. The van der Waals surface area contributed by atoms with Crippen molar-refractivity contribution in [2.45, 2.75) is 25.8 Å². The van der Waals surface area contributed by atoms with Crippen LogP contribution in [0.15, 0.2) is 6.07 Å². The summed E-state index contributed by atoms with van der Waals surface area (Å²) >= 11 is 0. The average molecular weight is 234 g/mol. The van der Waals surface area contributed by atoms with Gasteiger partial charge in [0, 0.05) is 18.2 Å². The van der Waals surface area contributed by atoms with Crippen molar-refractivity contribution in [3.63, 3.8) is 0 Å². The van der Waals surface area contributed by atoms with Crippen LogP contribution in [0.4, 0.5) is 19.0 Å². The van der Waals surface area contributed by atoms with Gasteiger partial charge in [0.25, 0.3) is 5.95 Å². The van der Waals surface area contributed by atoms with Crippen LogP contribution in [-0.2, 0) is 0 Å². The van der Waals surface area contributed by atoms with Crippen molar-refractivity contribution in [2.24, 2.45) is 0 Å². The lowest BCUT2D eigenvalue weighted by molar-refractivity contribution is 0.260. The van der Waals surface area contributed by atoms with Gasteiger partial charge in [-0.05, 0) is 20.3 Å². The number of aliphatic hydroxyl groups excluding tert-OH is 1. The van der Waals surface area contributed by atoms with Gasteiger partial charge in [0.1, 0.15) is 0 Å². The van der Waals surface area contributed by atoms with Crippen molar-refractivity contribution in [1.82, 2.24) is 4.98 Å². The van der Waals surface area contributed by atoms with Gasteiger partial charge in [-0.3, -0.25) is 0 Å². The van der Waals surface area contributed by atoms with Crippen LogP contribution in [0.25, 0.3) is 0 Å². The summed E-state index contributed by atoms with van der Waals surface area (Å²) < 4.78 is 38.6. The van der Waals surface area contributed by atoms with E-state index >= 15 is 0 Å². The van der Waals surface area contributed by atoms with E-state index in [1.807, 2.05) is 0 Å². The molecule has 1 aromatic heterocycles. The molecule has 0 aliphatic carbocycles. The molecule has 0 aliphatic rings. The number of hydrogen-bond acceptors (Lipinski definition) is 3. The Labute approximate surface area is 91.3 Å². The number of aromatic nitrogens is 1. The van der Waals surface area contributed by atoms with Crippen molar-refractivity contribution in [1.29, 1.82) is 0 Å². The first-order valence-corrected chi connectivity index (χ1v) is 4.76. The Morgan fingerprint density at radius 1 is 1.31 bits per heavy atom. The first-order chi connectivity index (χ1) is 7.35. The van der Waals surface area contributed by atoms with Crippen LogP contribution in [0.2, 0.25) is 0 Å². The van der Waals surface area contributed by atoms with E-state index in [1.54, 1.807) is 13.8 Å². The molecule has 0 saturated heterocycles. The molecule has 16 heavy (non-hydrogen) atoms. The Morgan fingerprint density at radius 2 is 1.94 bits per heavy atom. The highest BCUT2D eigenvalue weighted by atomic mass is 19.2. The molecule has 1 aromatic rings. The molecule has 3 nitrogen and oxygen atoms in total. The minimum Gasteiger partial charge on any atom is -0.396 e. The second-order valence-corrected chi connectivity index (χ2v) is 4.07. The minimum absolute atomic E-state index is 0.106. The van der Waals surface area contributed by atoms with E-state index in [0.717, 1.165) is 0 Å². The summed E-state index contributed by atoms with van der Waals surface area (Å²) in [6.45, 7) is 3.27. The average Bonchev–Trinajstić information content (AvgIpc) is 2.13. The standard InChI is InChI=1S/C10H13F3N2O/c1-10(2,3-4-16)15-9-7(12)5-6(11)8(13)14-9/h5,16H,3-4H2,1-2H3,(H,14,15). The SMILES string of the molecule is CC(C)(CCO)Nc1nc(F)c(F)cc1F. The summed E-state index contributed by atoms with van der Waals surface area (Å²) in [6.07, 6.45) is 0.327. The highest BCUT2D eigenvalue weighted by molar-refractivity contribution is 5.38. The largest absolute Gasteiger partial charge is 0.396 e. The zero-order chi connectivity index (χ0) is 12.3. The van der Waals surface area contributed by atoms with Gasteiger partial charge < -0.3 is 10.4 Å². The highest BCUT2D eigenvalue weighted by Crippen LogP contribution is 2.20. The third-order valence-electron chi connectivity index (χ3n) is 2.08. The van der Waals surface area contributed by atoms with Gasteiger partial charge in [-0.2, -0.15) is 9.37 Å². The lowest BCUT2D eigenvalue weighted by Crippen LogP contribution is -2.33. The molecular formula is C10H13F3N2O. The fraction of sp³-hybridized carbons (Fsp3) is 0.500. The molecule has 0 amide bonds. The molecule has 1 heterocycles. The predicted molar refractivity (Wildman–Crippen MR) is 53.5 cm³/mol. The number of halogens is 3. The number of pyridine rings is 1. The molecule has 90 valence electrons. The number of anilines is 1. The van der Waals surface area contributed by atoms with Crippen molar-refractivity contribution < 1.29 is 18.3 Å². The van der Waals surface area contributed by atoms with E-state index in [2.05, 4.69) is 10.3 Å². The Hall–Kier alpha value is -1.30. The molecule has 0 radical (unpaired) electrons. The fourth-order valence-corrected chi connectivity index (χ4v) is 1.19. The van der Waals surface area contributed by atoms with Gasteiger partial charge in [-0.15, -0.1) is 0 Å². The number of nitrogens with zero attached hydrogens (tertiary/aromatic N) is 1. The van der Waals surface area contributed by atoms with Gasteiger partial charge >= 0.3 is 0 Å². The number of aliphatic hydroxyl groups is 1. The van der Waals surface area contributed by atoms with Crippen LogP contribution in [0.3, 0.4) is 0 Å². The zero-order valence-corrected chi connectivity index (χ0v) is 9.02. The Balaban J connectivity index is 2.93. The normalized spacial score (nSPS) is 11.6. The maximum atomic E-state index is 13.2. The summed E-state index contributed by atoms with van der Waals surface area (Å²) in [5.74, 6) is -4.02. The Kier molecular flexibility index (Phi) is 3.74. The van der Waals surface area contributed by atoms with E-state index < -0.39 is 23.1 Å². The van der Waals surface area contributed by atoms with Crippen molar-refractivity contribution in [2.75, 3.05) is 11.9 Å². The summed E-state index contributed by atoms with van der Waals surface area (Å²) in [4.78, 5) is 3.13. The predicted octanol–water partition coefficient (Wildman–Crippen LogP) is 2.07. The van der Waals surface area contributed by atoms with Crippen LogP contribution in [0, 0.1) is 17.6 Å². The van der Waals surface area contributed by atoms with Crippen LogP contribution in [0.5, 0.6) is 0 Å². The molecule has 0 atom stereocenters. The summed E-state index contributed by atoms with van der Waals surface area (Å²) in [6, 6.07) is 0.430. The molecule has 1 rings (SSSR count). The number of rotatable bonds is 4. The maximum absolute atomic E-state index is 13.2. The highest BCUT2D eigenvalue weighted by Gasteiger charge is 2.20. The van der Waals surface area contributed by atoms with Crippen molar-refractivity contribution in [3.05, 3.63) is 23.6 Å². The topological polar surface area (TPSA) is 45.1 Å². The second-order valence-electron chi connectivity index (χ2n) is 4.07. The lowest BCUT2D eigenvalue weighted by atomic mass is 10.0. The molecule has 0 spiro atoms. The van der Waals surface area contributed by atoms with E-state index in [1.165, 1.54) is 0 Å². The zero-order valence-electron chi connectivity index (χ0n) is 9.02. The van der Waals surface area contributed by atoms with Crippen LogP contribution < -0.4 is 5.32 Å². The van der Waals surface area contributed by atoms with Gasteiger partial charge in [0.2, 0.25) is 0 Å². The van der Waals surface area contributed by atoms with Crippen LogP contribution >= 0.6 is 0 Å². The summed E-state index contributed by atoms with van der Waals surface area (Å²) in [5, 5.41) is 11.4. The van der Waals surface area contributed by atoms with Crippen LogP contribution in [0.1, 0.15) is 20.3 Å². The third kappa shape index (κ3) is 3.10. The smallest absolute Gasteiger partial charge is 0.251 e. The summed E-state index contributed by atoms with van der Waals surface area (Å²) in [7, 11) is 0. The van der Waals surface area contributed by atoms with Gasteiger partial charge in [0.15, 0.2) is 17.5 Å². The van der Waals surface area contributed by atoms with Crippen molar-refractivity contribution in [3.8, 4) is 0 Å². The van der Waals surface area contributed by atoms with Gasteiger partial charge in [-0.25, -0.2) is 8.78 Å². The maximum Gasteiger partial charge on any atom is 0.251 e. The molecular weight excluding hydrogens is 221 g/mol. The van der Waals surface area contributed by atoms with Crippen molar-refractivity contribution >= 4 is 5.82 Å². The lowest BCUT2D eigenvalue weighted by Gasteiger charge is -2.26. The molecule has 0 aromatic carbocycles. The third-order valence-corrected chi connectivity index (χ3v) is 2.08. The van der Waals surface area contributed by atoms with Crippen LogP contribution in [-0.4, -0.2) is 22.2 Å². The quantitative estimate of drug-likeness (QED) is 0.784. The fourth-order valence-electron chi connectivity index (χ4n) is 1.19. The van der Waals surface area contributed by atoms with E-state index in [0.29, 0.717) is 12.5 Å². The van der Waals surface area contributed by atoms with Gasteiger partial charge in [-0.1, -0.05) is 0 Å². The molecule has 0 aliphatic heterocycles. The monoisotopic (exact) mass is 234 g/mol. The minimum atomic E-state index is -1.36. The molecule has 2 N–H and O–H groups in total. The first-order valence-electron chi connectivity index (χ1n) is 4.76. The molecule has 0 saturated carbocycles. The molecule has 0 fully saturated rings. The van der Waals surface area contributed by atoms with E-state index in [4.69, 9.17) is 5.11 Å². The number of hydrogen-bond donors (Lipinski definition) is 2. The Morgan fingerprint density at radius 3 is 2.50 bits per heavy atom. The van der Waals surface area contributed by atoms with E-state index in [9.17, 15) is 13.2 Å². The first kappa shape index (κ1) is 12.8. The summed E-state index contributed by atoms with van der Waals surface area (Å²) in [5.41, 5.74) is -0.660.